The second-order valence-corrected chi connectivity index (χ2v) is 11.8. The number of carbonyl (C=O) groups excluding carboxylic acids is 2. The molecule has 1 aromatic rings. The molecule has 0 saturated heterocycles. The van der Waals surface area contributed by atoms with Crippen molar-refractivity contribution in [2.75, 3.05) is 4.31 Å². The predicted molar refractivity (Wildman–Crippen MR) is 127 cm³/mol. The van der Waals surface area contributed by atoms with Gasteiger partial charge in [-0.1, -0.05) is 31.4 Å². The molecule has 5 fully saturated rings. The van der Waals surface area contributed by atoms with Gasteiger partial charge in [0.15, 0.2) is 0 Å². The maximum atomic E-state index is 14.0. The zero-order chi connectivity index (χ0) is 25.0. The molecule has 0 radical (unpaired) electrons. The number of hydrogen-bond acceptors (Lipinski definition) is 6. The van der Waals surface area contributed by atoms with Gasteiger partial charge in [-0.25, -0.2) is 0 Å². The Bertz CT molecular complexity index is 1060. The Morgan fingerprint density at radius 1 is 1.09 bits per heavy atom. The SMILES string of the molecule is NC(=O)C12CC3CC(C1)C(NC(=O)C1(N(c4ccccc4[N+](=O)[O-])S(=O)[O-])CCCCC1)C(C3)C2. The number of primary amides is 1. The number of hydrogen-bond donors (Lipinski definition) is 2. The van der Waals surface area contributed by atoms with Crippen LogP contribution >= 0.6 is 0 Å². The Morgan fingerprint density at radius 3 is 2.29 bits per heavy atom. The summed E-state index contributed by atoms with van der Waals surface area (Å²) in [6, 6.07) is 5.50. The fourth-order valence-corrected chi connectivity index (χ4v) is 8.62. The van der Waals surface area contributed by atoms with E-state index in [9.17, 15) is 28.5 Å². The van der Waals surface area contributed by atoms with Crippen molar-refractivity contribution in [3.8, 4) is 0 Å². The molecule has 6 rings (SSSR count). The molecule has 1 aromatic carbocycles. The maximum Gasteiger partial charge on any atom is 0.293 e. The van der Waals surface area contributed by atoms with Crippen LogP contribution in [0.4, 0.5) is 11.4 Å². The van der Waals surface area contributed by atoms with Gasteiger partial charge < -0.3 is 15.6 Å². The summed E-state index contributed by atoms with van der Waals surface area (Å²) in [6.45, 7) is 0. The van der Waals surface area contributed by atoms with Crippen molar-refractivity contribution in [2.24, 2.45) is 28.9 Å². The molecule has 11 heteroatoms. The molecule has 4 bridgehead atoms. The summed E-state index contributed by atoms with van der Waals surface area (Å²) in [5.74, 6) is 0.0143. The van der Waals surface area contributed by atoms with Gasteiger partial charge in [-0.3, -0.25) is 28.2 Å². The molecule has 2 amide bonds. The van der Waals surface area contributed by atoms with Crippen LogP contribution in [0.3, 0.4) is 0 Å². The number of rotatable bonds is 7. The molecule has 0 spiro atoms. The van der Waals surface area contributed by atoms with E-state index >= 15 is 0 Å². The third-order valence-electron chi connectivity index (χ3n) is 9.03. The summed E-state index contributed by atoms with van der Waals surface area (Å²) >= 11 is -2.91. The van der Waals surface area contributed by atoms with E-state index in [0.29, 0.717) is 31.6 Å². The number of carbonyl (C=O) groups is 2. The number of nitrogens with zero attached hydrogens (tertiary/aromatic N) is 2. The van der Waals surface area contributed by atoms with Gasteiger partial charge in [-0.05, 0) is 68.8 Å². The number of amides is 2. The van der Waals surface area contributed by atoms with Crippen molar-refractivity contribution in [2.45, 2.75) is 75.8 Å². The minimum atomic E-state index is -2.91. The van der Waals surface area contributed by atoms with Crippen LogP contribution in [0.5, 0.6) is 0 Å². The second kappa shape index (κ2) is 8.85. The van der Waals surface area contributed by atoms with E-state index in [1.54, 1.807) is 0 Å². The van der Waals surface area contributed by atoms with Crippen molar-refractivity contribution in [3.63, 3.8) is 0 Å². The van der Waals surface area contributed by atoms with Gasteiger partial charge >= 0.3 is 0 Å². The number of nitrogens with one attached hydrogen (secondary N) is 1. The Kier molecular flexibility index (Phi) is 6.11. The van der Waals surface area contributed by atoms with Crippen LogP contribution < -0.4 is 15.4 Å². The van der Waals surface area contributed by atoms with Crippen molar-refractivity contribution in [1.82, 2.24) is 5.32 Å². The van der Waals surface area contributed by atoms with E-state index in [1.165, 1.54) is 24.3 Å². The fourth-order valence-electron chi connectivity index (χ4n) is 7.75. The van der Waals surface area contributed by atoms with E-state index in [2.05, 4.69) is 5.32 Å². The van der Waals surface area contributed by atoms with E-state index in [4.69, 9.17) is 5.73 Å². The lowest BCUT2D eigenvalue weighted by molar-refractivity contribution is -0.384. The lowest BCUT2D eigenvalue weighted by atomic mass is 9.47. The minimum absolute atomic E-state index is 0.0966. The first kappa shape index (κ1) is 24.2. The lowest BCUT2D eigenvalue weighted by Gasteiger charge is -2.59. The first-order valence-corrected chi connectivity index (χ1v) is 13.4. The molecule has 10 nitrogen and oxygen atoms in total. The molecule has 3 unspecified atom stereocenters. The quantitative estimate of drug-likeness (QED) is 0.331. The number of anilines is 1. The highest BCUT2D eigenvalue weighted by atomic mass is 32.2. The molecule has 0 aliphatic heterocycles. The molecule has 5 saturated carbocycles. The Morgan fingerprint density at radius 2 is 1.71 bits per heavy atom. The van der Waals surface area contributed by atoms with Gasteiger partial charge in [-0.2, -0.15) is 0 Å². The molecular weight excluding hydrogens is 472 g/mol. The van der Waals surface area contributed by atoms with Gasteiger partial charge in [0, 0.05) is 28.8 Å². The minimum Gasteiger partial charge on any atom is -0.755 e. The summed E-state index contributed by atoms with van der Waals surface area (Å²) in [7, 11) is 0. The number of nitro groups is 1. The summed E-state index contributed by atoms with van der Waals surface area (Å²) in [5.41, 5.74) is 3.41. The average molecular weight is 504 g/mol. The highest BCUT2D eigenvalue weighted by molar-refractivity contribution is 7.80. The lowest BCUT2D eigenvalue weighted by Crippen LogP contribution is -2.67. The highest BCUT2D eigenvalue weighted by Crippen LogP contribution is 2.60. The van der Waals surface area contributed by atoms with Crippen molar-refractivity contribution >= 4 is 34.5 Å². The zero-order valence-corrected chi connectivity index (χ0v) is 20.3. The molecule has 5 aliphatic carbocycles. The summed E-state index contributed by atoms with van der Waals surface area (Å²) in [6.07, 6.45) is 6.68. The molecule has 5 aliphatic rings. The molecule has 35 heavy (non-hydrogen) atoms. The summed E-state index contributed by atoms with van der Waals surface area (Å²) in [4.78, 5) is 37.4. The monoisotopic (exact) mass is 503 g/mol. The van der Waals surface area contributed by atoms with Gasteiger partial charge in [0.1, 0.15) is 11.2 Å². The molecule has 3 N–H and O–H groups in total. The van der Waals surface area contributed by atoms with Crippen molar-refractivity contribution < 1.29 is 23.3 Å². The molecular formula is C24H31N4O6S-. The highest BCUT2D eigenvalue weighted by Gasteiger charge is 2.59. The number of para-hydroxylation sites is 2. The standard InChI is InChI=1S/C24H32N4O6S/c25-21(29)23-12-15-10-16(13-23)20(17(11-15)14-23)26-22(30)24(8-4-1-5-9-24)27(35(33)34)18-6-2-3-7-19(18)28(31)32/h2-3,6-7,15-17,20H,1,4-5,8-14H2,(H2,25,29)(H,26,30)(H,33,34)/p-1. The van der Waals surface area contributed by atoms with Crippen LogP contribution in [0.1, 0.15) is 64.2 Å². The van der Waals surface area contributed by atoms with Crippen molar-refractivity contribution in [1.29, 1.82) is 0 Å². The second-order valence-electron chi connectivity index (χ2n) is 11.0. The maximum absolute atomic E-state index is 14.0. The summed E-state index contributed by atoms with van der Waals surface area (Å²) < 4.78 is 26.2. The molecule has 3 atom stereocenters. The van der Waals surface area contributed by atoms with Crippen LogP contribution in [0.15, 0.2) is 24.3 Å². The topological polar surface area (TPSA) is 159 Å². The average Bonchev–Trinajstić information content (AvgIpc) is 2.81. The molecule has 0 heterocycles. The van der Waals surface area contributed by atoms with Crippen LogP contribution in [0.25, 0.3) is 0 Å². The van der Waals surface area contributed by atoms with Crippen LogP contribution in [0, 0.1) is 33.3 Å². The molecule has 0 aromatic heterocycles. The van der Waals surface area contributed by atoms with E-state index in [1.807, 2.05) is 0 Å². The van der Waals surface area contributed by atoms with Gasteiger partial charge in [0.25, 0.3) is 5.69 Å². The third kappa shape index (κ3) is 3.92. The van der Waals surface area contributed by atoms with Crippen LogP contribution in [-0.2, 0) is 20.9 Å². The van der Waals surface area contributed by atoms with Crippen molar-refractivity contribution in [3.05, 3.63) is 34.4 Å². The predicted octanol–water partition coefficient (Wildman–Crippen LogP) is 2.69. The first-order valence-electron chi connectivity index (χ1n) is 12.4. The van der Waals surface area contributed by atoms with Gasteiger partial charge in [-0.15, -0.1) is 0 Å². The molecule has 190 valence electrons. The van der Waals surface area contributed by atoms with Crippen LogP contribution in [-0.4, -0.2) is 37.1 Å². The third-order valence-corrected chi connectivity index (χ3v) is 9.88. The van der Waals surface area contributed by atoms with Gasteiger partial charge in [0.05, 0.1) is 4.92 Å². The van der Waals surface area contributed by atoms with E-state index < -0.39 is 33.1 Å². The Balaban J connectivity index is 1.48. The zero-order valence-electron chi connectivity index (χ0n) is 19.5. The largest absolute Gasteiger partial charge is 0.755 e. The first-order chi connectivity index (χ1) is 16.7. The Hall–Kier alpha value is -2.53. The summed E-state index contributed by atoms with van der Waals surface area (Å²) in [5, 5.41) is 14.9. The van der Waals surface area contributed by atoms with E-state index in [0.717, 1.165) is 30.0 Å². The smallest absolute Gasteiger partial charge is 0.293 e. The van der Waals surface area contributed by atoms with E-state index in [-0.39, 0.29) is 48.0 Å². The number of benzene rings is 1. The van der Waals surface area contributed by atoms with Gasteiger partial charge in [0.2, 0.25) is 11.8 Å². The fraction of sp³-hybridized carbons (Fsp3) is 0.667. The Labute approximate surface area is 206 Å². The number of nitro benzene ring substituents is 1. The van der Waals surface area contributed by atoms with Crippen LogP contribution in [0.2, 0.25) is 0 Å². The normalized spacial score (nSPS) is 33.6. The number of nitrogens with two attached hydrogens (primary N) is 1.